The van der Waals surface area contributed by atoms with Crippen molar-refractivity contribution in [3.63, 3.8) is 0 Å². The highest BCUT2D eigenvalue weighted by Gasteiger charge is 2.44. The summed E-state index contributed by atoms with van der Waals surface area (Å²) in [5.74, 6) is -3.32. The lowest BCUT2D eigenvalue weighted by Gasteiger charge is -2.27. The Morgan fingerprint density at radius 2 is 2.07 bits per heavy atom. The molecule has 6 nitrogen and oxygen atoms in total. The van der Waals surface area contributed by atoms with Crippen molar-refractivity contribution in [3.05, 3.63) is 39.7 Å². The Kier molecular flexibility index (Phi) is 4.57. The molecule has 9 heteroatoms. The highest BCUT2D eigenvalue weighted by molar-refractivity contribution is 5.94. The Balaban J connectivity index is 1.97. The molecule has 0 amide bonds. The zero-order chi connectivity index (χ0) is 20.2. The first-order valence-electron chi connectivity index (χ1n) is 9.21. The number of rotatable bonds is 4. The molecule has 1 saturated heterocycles. The van der Waals surface area contributed by atoms with Gasteiger partial charge in [0.2, 0.25) is 5.43 Å². The van der Waals surface area contributed by atoms with E-state index in [-0.39, 0.29) is 42.3 Å². The Hall–Kier alpha value is -2.55. The van der Waals surface area contributed by atoms with Crippen LogP contribution in [0.15, 0.2) is 17.1 Å². The van der Waals surface area contributed by atoms with E-state index in [0.717, 1.165) is 36.1 Å². The number of aromatic carboxylic acids is 1. The molecule has 3 N–H and O–H groups in total. The number of carbonyl (C=O) groups is 1. The second-order valence-electron chi connectivity index (χ2n) is 7.45. The fourth-order valence-corrected chi connectivity index (χ4v) is 4.77. The number of aromatic nitrogens is 1. The number of nitrogens with zero attached hydrogens (tertiary/aromatic N) is 2. The highest BCUT2D eigenvalue weighted by Crippen LogP contribution is 2.42. The van der Waals surface area contributed by atoms with Gasteiger partial charge in [-0.3, -0.25) is 4.79 Å². The molecular formula is C19H20F3N3O3. The zero-order valence-electron chi connectivity index (χ0n) is 15.0. The van der Waals surface area contributed by atoms with Crippen LogP contribution in [0.2, 0.25) is 0 Å². The van der Waals surface area contributed by atoms with E-state index in [0.29, 0.717) is 0 Å². The van der Waals surface area contributed by atoms with Crippen LogP contribution in [0.25, 0.3) is 10.9 Å². The van der Waals surface area contributed by atoms with Gasteiger partial charge in [0.05, 0.1) is 17.4 Å². The maximum absolute atomic E-state index is 15.5. The minimum Gasteiger partial charge on any atom is -0.477 e. The van der Waals surface area contributed by atoms with E-state index < -0.39 is 40.7 Å². The van der Waals surface area contributed by atoms with E-state index in [9.17, 15) is 23.5 Å². The predicted molar refractivity (Wildman–Crippen MR) is 97.5 cm³/mol. The van der Waals surface area contributed by atoms with Crippen molar-refractivity contribution in [1.29, 1.82) is 0 Å². The maximum atomic E-state index is 15.5. The van der Waals surface area contributed by atoms with Gasteiger partial charge in [-0.1, -0.05) is 6.42 Å². The molecule has 2 aliphatic rings. The van der Waals surface area contributed by atoms with Crippen LogP contribution in [0.5, 0.6) is 0 Å². The highest BCUT2D eigenvalue weighted by atomic mass is 19.1. The van der Waals surface area contributed by atoms with Crippen LogP contribution in [0.3, 0.4) is 0 Å². The summed E-state index contributed by atoms with van der Waals surface area (Å²) in [5.41, 5.74) is 3.92. The second kappa shape index (κ2) is 6.80. The second-order valence-corrected chi connectivity index (χ2v) is 7.45. The first-order valence-corrected chi connectivity index (χ1v) is 9.21. The van der Waals surface area contributed by atoms with Crippen molar-refractivity contribution in [2.24, 2.45) is 11.7 Å². The lowest BCUT2D eigenvalue weighted by atomic mass is 10.0. The van der Waals surface area contributed by atoms with E-state index in [1.807, 2.05) is 0 Å². The number of halogens is 3. The number of aryl methyl sites for hydroxylation is 1. The molecule has 28 heavy (non-hydrogen) atoms. The molecule has 2 fully saturated rings. The van der Waals surface area contributed by atoms with Crippen LogP contribution in [-0.2, 0) is 6.54 Å². The van der Waals surface area contributed by atoms with E-state index in [1.165, 1.54) is 0 Å². The number of pyridine rings is 1. The molecule has 1 saturated carbocycles. The Labute approximate surface area is 158 Å². The van der Waals surface area contributed by atoms with Crippen LogP contribution in [-0.4, -0.2) is 40.9 Å². The lowest BCUT2D eigenvalue weighted by molar-refractivity contribution is 0.0694. The number of nitrogens with two attached hydrogens (primary N) is 1. The summed E-state index contributed by atoms with van der Waals surface area (Å²) < 4.78 is 44.5. The number of hydrogen-bond donors (Lipinski definition) is 2. The summed E-state index contributed by atoms with van der Waals surface area (Å²) in [6, 6.07) is 0.561. The number of carboxylic acid groups (broad SMARTS) is 1. The number of alkyl halides is 1. The topological polar surface area (TPSA) is 88.6 Å². The van der Waals surface area contributed by atoms with E-state index in [4.69, 9.17) is 5.73 Å². The van der Waals surface area contributed by atoms with Gasteiger partial charge in [-0.15, -0.1) is 0 Å². The number of carboxylic acids is 1. The van der Waals surface area contributed by atoms with Crippen LogP contribution >= 0.6 is 0 Å². The van der Waals surface area contributed by atoms with Crippen molar-refractivity contribution in [2.45, 2.75) is 37.9 Å². The van der Waals surface area contributed by atoms with Crippen LogP contribution < -0.4 is 16.1 Å². The Morgan fingerprint density at radius 1 is 1.32 bits per heavy atom. The third kappa shape index (κ3) is 2.68. The molecule has 4 rings (SSSR count). The van der Waals surface area contributed by atoms with E-state index >= 15 is 4.39 Å². The maximum Gasteiger partial charge on any atom is 0.341 e. The van der Waals surface area contributed by atoms with Crippen molar-refractivity contribution < 1.29 is 23.1 Å². The molecule has 0 radical (unpaired) electrons. The fourth-order valence-electron chi connectivity index (χ4n) is 4.77. The molecule has 0 bridgehead atoms. The number of anilines is 1. The molecule has 3 atom stereocenters. The monoisotopic (exact) mass is 395 g/mol. The molecule has 2 heterocycles. The average molecular weight is 395 g/mol. The summed E-state index contributed by atoms with van der Waals surface area (Å²) in [6.45, 7) is -0.970. The molecule has 1 aliphatic heterocycles. The number of benzene rings is 1. The van der Waals surface area contributed by atoms with Gasteiger partial charge in [-0.25, -0.2) is 18.0 Å². The lowest BCUT2D eigenvalue weighted by Crippen LogP contribution is -2.32. The van der Waals surface area contributed by atoms with Gasteiger partial charge in [-0.05, 0) is 24.8 Å². The summed E-state index contributed by atoms with van der Waals surface area (Å²) in [4.78, 5) is 25.4. The largest absolute Gasteiger partial charge is 0.477 e. The van der Waals surface area contributed by atoms with Crippen LogP contribution in [0.1, 0.15) is 29.6 Å². The molecule has 0 spiro atoms. The average Bonchev–Trinajstić information content (AvgIpc) is 3.22. The quantitative estimate of drug-likeness (QED) is 0.829. The summed E-state index contributed by atoms with van der Waals surface area (Å²) in [6.07, 6.45) is 3.49. The summed E-state index contributed by atoms with van der Waals surface area (Å²) in [7, 11) is 0. The molecule has 1 aliphatic carbocycles. The Bertz CT molecular complexity index is 1020. The first-order chi connectivity index (χ1) is 13.3. The molecular weight excluding hydrogens is 375 g/mol. The standard InChI is InChI=1S/C19H20F3N3O3/c20-4-5-24-7-11(19(27)28)18(26)10-6-12(21)17(15(22)16(10)24)25-8-13(23)9-2-1-3-14(9)25/h6-7,9,13-14H,1-5,8,23H2,(H,27,28). The van der Waals surface area contributed by atoms with Gasteiger partial charge in [0.25, 0.3) is 0 Å². The van der Waals surface area contributed by atoms with Gasteiger partial charge < -0.3 is 20.3 Å². The van der Waals surface area contributed by atoms with Gasteiger partial charge >= 0.3 is 5.97 Å². The molecule has 1 aromatic carbocycles. The summed E-state index contributed by atoms with van der Waals surface area (Å²) >= 11 is 0. The normalized spacial score (nSPS) is 24.1. The first kappa shape index (κ1) is 18.8. The predicted octanol–water partition coefficient (Wildman–Crippen LogP) is 2.26. The minimum atomic E-state index is -1.54. The fraction of sp³-hybridized carbons (Fsp3) is 0.474. The smallest absolute Gasteiger partial charge is 0.341 e. The van der Waals surface area contributed by atoms with Gasteiger partial charge in [-0.2, -0.15) is 0 Å². The van der Waals surface area contributed by atoms with E-state index in [1.54, 1.807) is 4.90 Å². The van der Waals surface area contributed by atoms with Gasteiger partial charge in [0.15, 0.2) is 5.82 Å². The third-order valence-electron chi connectivity index (χ3n) is 5.96. The van der Waals surface area contributed by atoms with Crippen LogP contribution in [0.4, 0.5) is 18.9 Å². The van der Waals surface area contributed by atoms with Crippen LogP contribution in [0, 0.1) is 17.6 Å². The molecule has 1 aromatic heterocycles. The van der Waals surface area contributed by atoms with Gasteiger partial charge in [0.1, 0.15) is 23.7 Å². The van der Waals surface area contributed by atoms with Crippen molar-refractivity contribution in [2.75, 3.05) is 18.1 Å². The SMILES string of the molecule is NC1CN(c2c(F)cc3c(=O)c(C(=O)O)cn(CCF)c3c2F)C2CCCC12. The summed E-state index contributed by atoms with van der Waals surface area (Å²) in [5, 5.41) is 8.78. The van der Waals surface area contributed by atoms with Crippen molar-refractivity contribution in [3.8, 4) is 0 Å². The number of hydrogen-bond acceptors (Lipinski definition) is 4. The van der Waals surface area contributed by atoms with Crippen molar-refractivity contribution in [1.82, 2.24) is 4.57 Å². The third-order valence-corrected chi connectivity index (χ3v) is 5.96. The van der Waals surface area contributed by atoms with Crippen molar-refractivity contribution >= 4 is 22.6 Å². The molecule has 2 aromatic rings. The molecule has 3 unspecified atom stereocenters. The minimum absolute atomic E-state index is 0.0870. The van der Waals surface area contributed by atoms with E-state index in [2.05, 4.69) is 0 Å². The zero-order valence-corrected chi connectivity index (χ0v) is 15.0. The molecule has 150 valence electrons. The Morgan fingerprint density at radius 3 is 2.75 bits per heavy atom. The number of fused-ring (bicyclic) bond motifs is 2. The van der Waals surface area contributed by atoms with Gasteiger partial charge in [0, 0.05) is 24.8 Å².